The van der Waals surface area contributed by atoms with E-state index in [2.05, 4.69) is 0 Å². The first-order chi connectivity index (χ1) is 9.97. The Morgan fingerprint density at radius 2 is 1.71 bits per heavy atom. The van der Waals surface area contributed by atoms with Gasteiger partial charge < -0.3 is 4.90 Å². The molecule has 0 fully saturated rings. The fourth-order valence-corrected chi connectivity index (χ4v) is 2.85. The predicted octanol–water partition coefficient (Wildman–Crippen LogP) is 3.69. The molecule has 0 spiro atoms. The normalized spacial score (nSPS) is 13.8. The lowest BCUT2D eigenvalue weighted by Crippen LogP contribution is -2.29. The van der Waals surface area contributed by atoms with Gasteiger partial charge in [-0.2, -0.15) is 0 Å². The smallest absolute Gasteiger partial charge is 0.299 e. The number of anilines is 1. The van der Waals surface area contributed by atoms with Crippen molar-refractivity contribution >= 4 is 29.0 Å². The number of rotatable bonds is 2. The zero-order valence-electron chi connectivity index (χ0n) is 11.8. The van der Waals surface area contributed by atoms with Gasteiger partial charge in [-0.25, -0.2) is 0 Å². The van der Waals surface area contributed by atoms with Gasteiger partial charge in [-0.1, -0.05) is 29.8 Å². The maximum absolute atomic E-state index is 12.2. The van der Waals surface area contributed by atoms with Gasteiger partial charge in [0, 0.05) is 5.02 Å². The van der Waals surface area contributed by atoms with E-state index in [1.54, 1.807) is 17.0 Å². The quantitative estimate of drug-likeness (QED) is 0.793. The summed E-state index contributed by atoms with van der Waals surface area (Å²) in [6, 6.07) is 11.1. The van der Waals surface area contributed by atoms with Gasteiger partial charge in [0.1, 0.15) is 0 Å². The van der Waals surface area contributed by atoms with Gasteiger partial charge in [0.25, 0.3) is 11.7 Å². The molecule has 0 bridgehead atoms. The molecule has 21 heavy (non-hydrogen) atoms. The highest BCUT2D eigenvalue weighted by Crippen LogP contribution is 2.33. The van der Waals surface area contributed by atoms with Crippen LogP contribution in [-0.2, 0) is 11.3 Å². The van der Waals surface area contributed by atoms with Gasteiger partial charge >= 0.3 is 0 Å². The number of fused-ring (bicyclic) bond motifs is 1. The average molecular weight is 300 g/mol. The van der Waals surface area contributed by atoms with Crippen LogP contribution in [0.15, 0.2) is 36.4 Å². The third-order valence-electron chi connectivity index (χ3n) is 3.67. The average Bonchev–Trinajstić information content (AvgIpc) is 2.66. The summed E-state index contributed by atoms with van der Waals surface area (Å²) in [6.07, 6.45) is 0. The fraction of sp³-hybridized carbons (Fsp3) is 0.176. The highest BCUT2D eigenvalue weighted by Gasteiger charge is 2.37. The second-order valence-electron chi connectivity index (χ2n) is 5.32. The summed E-state index contributed by atoms with van der Waals surface area (Å²) in [7, 11) is 0. The third-order valence-corrected chi connectivity index (χ3v) is 3.92. The summed E-state index contributed by atoms with van der Waals surface area (Å²) < 4.78 is 0. The van der Waals surface area contributed by atoms with E-state index >= 15 is 0 Å². The largest absolute Gasteiger partial charge is 0.300 e. The molecule has 0 N–H and O–H groups in total. The first kappa shape index (κ1) is 13.8. The minimum atomic E-state index is -0.464. The lowest BCUT2D eigenvalue weighted by atomic mass is 10.0. The standard InChI is InChI=1S/C17H14ClNO2/c1-10-7-11(2)15-14(8-10)19(17(21)16(15)20)9-12-3-5-13(18)6-4-12/h3-8H,9H2,1-2H3. The molecule has 2 aromatic carbocycles. The zero-order chi connectivity index (χ0) is 15.1. The first-order valence-corrected chi connectivity index (χ1v) is 7.07. The highest BCUT2D eigenvalue weighted by atomic mass is 35.5. The maximum Gasteiger partial charge on any atom is 0.299 e. The molecule has 0 atom stereocenters. The van der Waals surface area contributed by atoms with Crippen molar-refractivity contribution in [2.45, 2.75) is 20.4 Å². The highest BCUT2D eigenvalue weighted by molar-refractivity contribution is 6.52. The van der Waals surface area contributed by atoms with Crippen LogP contribution in [0.5, 0.6) is 0 Å². The molecule has 0 aliphatic carbocycles. The van der Waals surface area contributed by atoms with Crippen LogP contribution in [0.3, 0.4) is 0 Å². The summed E-state index contributed by atoms with van der Waals surface area (Å²) in [5.41, 5.74) is 4.06. The SMILES string of the molecule is Cc1cc(C)c2c(c1)N(Cc1ccc(Cl)cc1)C(=O)C2=O. The molecule has 0 saturated carbocycles. The second-order valence-corrected chi connectivity index (χ2v) is 5.76. The van der Waals surface area contributed by atoms with Crippen LogP contribution in [0.25, 0.3) is 0 Å². The van der Waals surface area contributed by atoms with E-state index in [1.165, 1.54) is 0 Å². The number of nitrogens with zero attached hydrogens (tertiary/aromatic N) is 1. The predicted molar refractivity (Wildman–Crippen MR) is 82.9 cm³/mol. The Labute approximate surface area is 128 Å². The van der Waals surface area contributed by atoms with Gasteiger partial charge in [-0.3, -0.25) is 9.59 Å². The fourth-order valence-electron chi connectivity index (χ4n) is 2.72. The minimum absolute atomic E-state index is 0.373. The van der Waals surface area contributed by atoms with Gasteiger partial charge in [0.2, 0.25) is 0 Å². The van der Waals surface area contributed by atoms with E-state index in [4.69, 9.17) is 11.6 Å². The van der Waals surface area contributed by atoms with Crippen molar-refractivity contribution < 1.29 is 9.59 Å². The number of carbonyl (C=O) groups excluding carboxylic acids is 2. The van der Waals surface area contributed by atoms with Crippen LogP contribution >= 0.6 is 11.6 Å². The van der Waals surface area contributed by atoms with Gasteiger partial charge in [-0.15, -0.1) is 0 Å². The Bertz CT molecular complexity index is 750. The molecule has 3 nitrogen and oxygen atoms in total. The number of amides is 1. The summed E-state index contributed by atoms with van der Waals surface area (Å²) in [4.78, 5) is 26.0. The monoisotopic (exact) mass is 299 g/mol. The van der Waals surface area contributed by atoms with E-state index in [-0.39, 0.29) is 0 Å². The van der Waals surface area contributed by atoms with Crippen molar-refractivity contribution in [3.63, 3.8) is 0 Å². The Morgan fingerprint density at radius 1 is 1.05 bits per heavy atom. The Kier molecular flexibility index (Phi) is 3.30. The topological polar surface area (TPSA) is 37.4 Å². The number of hydrogen-bond acceptors (Lipinski definition) is 2. The molecular weight excluding hydrogens is 286 g/mol. The van der Waals surface area contributed by atoms with Crippen molar-refractivity contribution in [1.29, 1.82) is 0 Å². The number of benzene rings is 2. The Balaban J connectivity index is 2.03. The van der Waals surface area contributed by atoms with Crippen molar-refractivity contribution in [1.82, 2.24) is 0 Å². The van der Waals surface area contributed by atoms with Crippen molar-refractivity contribution in [3.05, 3.63) is 63.7 Å². The molecule has 0 aromatic heterocycles. The van der Waals surface area contributed by atoms with Crippen molar-refractivity contribution in [3.8, 4) is 0 Å². The van der Waals surface area contributed by atoms with Crippen LogP contribution in [0.4, 0.5) is 5.69 Å². The van der Waals surface area contributed by atoms with E-state index in [0.29, 0.717) is 22.8 Å². The molecule has 4 heteroatoms. The van der Waals surface area contributed by atoms with Gasteiger partial charge in [-0.05, 0) is 48.7 Å². The number of aryl methyl sites for hydroxylation is 2. The lowest BCUT2D eigenvalue weighted by molar-refractivity contribution is -0.114. The Morgan fingerprint density at radius 3 is 2.38 bits per heavy atom. The molecule has 0 radical (unpaired) electrons. The maximum atomic E-state index is 12.2. The zero-order valence-corrected chi connectivity index (χ0v) is 12.6. The molecule has 3 rings (SSSR count). The second kappa shape index (κ2) is 5.01. The summed E-state index contributed by atoms with van der Waals surface area (Å²) in [6.45, 7) is 4.20. The first-order valence-electron chi connectivity index (χ1n) is 6.69. The van der Waals surface area contributed by atoms with Crippen LogP contribution in [0, 0.1) is 13.8 Å². The molecule has 1 aliphatic heterocycles. The molecule has 0 unspecified atom stereocenters. The molecule has 1 aliphatic rings. The number of halogens is 1. The molecule has 0 saturated heterocycles. The van der Waals surface area contributed by atoms with Crippen LogP contribution < -0.4 is 4.90 Å². The van der Waals surface area contributed by atoms with E-state index in [9.17, 15) is 9.59 Å². The lowest BCUT2D eigenvalue weighted by Gasteiger charge is -2.17. The van der Waals surface area contributed by atoms with Gasteiger partial charge in [0.15, 0.2) is 0 Å². The molecule has 2 aromatic rings. The van der Waals surface area contributed by atoms with Crippen LogP contribution in [-0.4, -0.2) is 11.7 Å². The van der Waals surface area contributed by atoms with Gasteiger partial charge in [0.05, 0.1) is 17.8 Å². The van der Waals surface area contributed by atoms with E-state index in [1.807, 2.05) is 38.1 Å². The number of ketones is 1. The van der Waals surface area contributed by atoms with Crippen LogP contribution in [0.2, 0.25) is 5.02 Å². The number of Topliss-reactive ketones (excluding diaryl/α,β-unsaturated/α-hetero) is 1. The number of hydrogen-bond donors (Lipinski definition) is 0. The summed E-state index contributed by atoms with van der Waals surface area (Å²) in [5.74, 6) is -0.884. The summed E-state index contributed by atoms with van der Waals surface area (Å²) in [5, 5.41) is 0.648. The van der Waals surface area contributed by atoms with E-state index in [0.717, 1.165) is 16.7 Å². The molecule has 1 heterocycles. The van der Waals surface area contributed by atoms with Crippen molar-refractivity contribution in [2.75, 3.05) is 4.90 Å². The molecule has 106 valence electrons. The molecular formula is C17H14ClNO2. The Hall–Kier alpha value is -2.13. The van der Waals surface area contributed by atoms with Crippen molar-refractivity contribution in [2.24, 2.45) is 0 Å². The summed E-state index contributed by atoms with van der Waals surface area (Å²) >= 11 is 5.87. The minimum Gasteiger partial charge on any atom is -0.300 e. The third kappa shape index (κ3) is 2.34. The molecule has 1 amide bonds. The van der Waals surface area contributed by atoms with E-state index < -0.39 is 11.7 Å². The number of carbonyl (C=O) groups is 2. The van der Waals surface area contributed by atoms with Crippen LogP contribution in [0.1, 0.15) is 27.0 Å².